The molecule has 0 bridgehead atoms. The normalized spacial score (nSPS) is 14.9. The predicted molar refractivity (Wildman–Crippen MR) is 68.5 cm³/mol. The molecular weight excluding hydrogens is 252 g/mol. The maximum Gasteiger partial charge on any atom is 0.253 e. The van der Waals surface area contributed by atoms with Gasteiger partial charge in [0.05, 0.1) is 0 Å². The van der Waals surface area contributed by atoms with Crippen LogP contribution in [-0.2, 0) is 0 Å². The number of hydrazine groups is 1. The number of nitrogen functional groups attached to an aromatic ring is 1. The van der Waals surface area contributed by atoms with E-state index in [1.165, 1.54) is 11.3 Å². The molecule has 6 heteroatoms. The molecule has 0 radical (unpaired) electrons. The van der Waals surface area contributed by atoms with E-state index in [4.69, 9.17) is 5.84 Å². The molecule has 104 valence electrons. The number of amides is 1. The second-order valence-corrected chi connectivity index (χ2v) is 4.94. The van der Waals surface area contributed by atoms with Gasteiger partial charge in [-0.05, 0) is 30.9 Å². The van der Waals surface area contributed by atoms with Gasteiger partial charge in [0.2, 0.25) is 0 Å². The maximum absolute atomic E-state index is 13.5. The molecule has 1 amide bonds. The van der Waals surface area contributed by atoms with Crippen molar-refractivity contribution in [2.45, 2.75) is 19.3 Å². The van der Waals surface area contributed by atoms with Crippen molar-refractivity contribution in [2.75, 3.05) is 19.0 Å². The molecule has 2 rings (SSSR count). The number of rotatable bonds is 4. The Morgan fingerprint density at radius 2 is 2.00 bits per heavy atom. The highest BCUT2D eigenvalue weighted by molar-refractivity contribution is 5.94. The number of carbonyl (C=O) groups excluding carboxylic acids is 1. The highest BCUT2D eigenvalue weighted by Gasteiger charge is 2.23. The van der Waals surface area contributed by atoms with Crippen LogP contribution < -0.4 is 11.3 Å². The second-order valence-electron chi connectivity index (χ2n) is 4.94. The van der Waals surface area contributed by atoms with E-state index < -0.39 is 17.3 Å². The molecule has 3 N–H and O–H groups in total. The van der Waals surface area contributed by atoms with E-state index in [1.807, 2.05) is 5.43 Å². The van der Waals surface area contributed by atoms with Gasteiger partial charge in [-0.15, -0.1) is 0 Å². The molecule has 1 aliphatic rings. The van der Waals surface area contributed by atoms with Crippen LogP contribution in [0.2, 0.25) is 0 Å². The Balaban J connectivity index is 2.14. The molecule has 0 saturated heterocycles. The molecule has 0 aliphatic heterocycles. The van der Waals surface area contributed by atoms with E-state index in [9.17, 15) is 13.6 Å². The van der Waals surface area contributed by atoms with E-state index in [1.54, 1.807) is 7.05 Å². The Morgan fingerprint density at radius 3 is 2.42 bits per heavy atom. The third-order valence-corrected chi connectivity index (χ3v) is 3.54. The van der Waals surface area contributed by atoms with Crippen LogP contribution >= 0.6 is 0 Å². The largest absolute Gasteiger partial charge is 0.341 e. The molecule has 0 spiro atoms. The first kappa shape index (κ1) is 13.7. The van der Waals surface area contributed by atoms with Crippen LogP contribution in [0.1, 0.15) is 29.6 Å². The molecular formula is C13H17F2N3O. The van der Waals surface area contributed by atoms with Crippen LogP contribution in [0, 0.1) is 17.6 Å². The third-order valence-electron chi connectivity index (χ3n) is 3.54. The highest BCUT2D eigenvalue weighted by Crippen LogP contribution is 2.27. The fourth-order valence-corrected chi connectivity index (χ4v) is 2.20. The minimum Gasteiger partial charge on any atom is -0.341 e. The number of hydrogen-bond acceptors (Lipinski definition) is 3. The lowest BCUT2D eigenvalue weighted by Gasteiger charge is -2.30. The Morgan fingerprint density at radius 1 is 1.42 bits per heavy atom. The summed E-state index contributed by atoms with van der Waals surface area (Å²) in [6.07, 6.45) is 3.40. The molecule has 0 aromatic heterocycles. The van der Waals surface area contributed by atoms with Gasteiger partial charge in [-0.3, -0.25) is 10.6 Å². The molecule has 19 heavy (non-hydrogen) atoms. The number of nitrogens with one attached hydrogen (secondary N) is 1. The van der Waals surface area contributed by atoms with Crippen LogP contribution in [0.4, 0.5) is 14.5 Å². The summed E-state index contributed by atoms with van der Waals surface area (Å²) < 4.78 is 27.0. The SMILES string of the molecule is CN(CC1CCC1)C(=O)c1cc(F)c(NN)c(F)c1. The number of carbonyl (C=O) groups is 1. The molecule has 1 aliphatic carbocycles. The standard InChI is InChI=1S/C13H17F2N3O/c1-18(7-8-3-2-4-8)13(19)9-5-10(14)12(17-16)11(15)6-9/h5-6,8,17H,2-4,7,16H2,1H3. The van der Waals surface area contributed by atoms with Crippen molar-refractivity contribution in [2.24, 2.45) is 11.8 Å². The first-order chi connectivity index (χ1) is 9.02. The van der Waals surface area contributed by atoms with Gasteiger partial charge in [0.1, 0.15) is 5.69 Å². The fourth-order valence-electron chi connectivity index (χ4n) is 2.20. The van der Waals surface area contributed by atoms with Gasteiger partial charge in [-0.25, -0.2) is 8.78 Å². The van der Waals surface area contributed by atoms with Gasteiger partial charge in [-0.2, -0.15) is 0 Å². The number of halogens is 2. The average Bonchev–Trinajstić information content (AvgIpc) is 2.32. The van der Waals surface area contributed by atoms with E-state index in [0.717, 1.165) is 25.0 Å². The molecule has 1 aromatic rings. The van der Waals surface area contributed by atoms with Gasteiger partial charge < -0.3 is 10.3 Å². The predicted octanol–water partition coefficient (Wildman–Crippen LogP) is 2.12. The number of nitrogens with two attached hydrogens (primary N) is 1. The van der Waals surface area contributed by atoms with E-state index in [-0.39, 0.29) is 11.5 Å². The van der Waals surface area contributed by atoms with Gasteiger partial charge in [0.15, 0.2) is 11.6 Å². The molecule has 0 unspecified atom stereocenters. The number of anilines is 1. The highest BCUT2D eigenvalue weighted by atomic mass is 19.1. The topological polar surface area (TPSA) is 58.4 Å². The van der Waals surface area contributed by atoms with Crippen LogP contribution in [-0.4, -0.2) is 24.4 Å². The summed E-state index contributed by atoms with van der Waals surface area (Å²) in [5.41, 5.74) is 1.50. The number of benzene rings is 1. The Kier molecular flexibility index (Phi) is 3.99. The zero-order chi connectivity index (χ0) is 14.0. The lowest BCUT2D eigenvalue weighted by molar-refractivity contribution is 0.0744. The average molecular weight is 269 g/mol. The summed E-state index contributed by atoms with van der Waals surface area (Å²) in [4.78, 5) is 13.6. The third kappa shape index (κ3) is 2.84. The summed E-state index contributed by atoms with van der Waals surface area (Å²) in [6, 6.07) is 2.00. The van der Waals surface area contributed by atoms with E-state index in [0.29, 0.717) is 12.5 Å². The van der Waals surface area contributed by atoms with Crippen molar-refractivity contribution < 1.29 is 13.6 Å². The number of hydrogen-bond donors (Lipinski definition) is 2. The van der Waals surface area contributed by atoms with Gasteiger partial charge in [0.25, 0.3) is 5.91 Å². The molecule has 1 aromatic carbocycles. The summed E-state index contributed by atoms with van der Waals surface area (Å²) in [6.45, 7) is 0.624. The van der Waals surface area contributed by atoms with Gasteiger partial charge >= 0.3 is 0 Å². The van der Waals surface area contributed by atoms with Crippen LogP contribution in [0.5, 0.6) is 0 Å². The minimum atomic E-state index is -0.872. The first-order valence-corrected chi connectivity index (χ1v) is 6.24. The summed E-state index contributed by atoms with van der Waals surface area (Å²) in [5.74, 6) is 3.39. The first-order valence-electron chi connectivity index (χ1n) is 6.24. The van der Waals surface area contributed by atoms with Crippen LogP contribution in [0.3, 0.4) is 0 Å². The lowest BCUT2D eigenvalue weighted by atomic mass is 9.85. The molecule has 1 fully saturated rings. The van der Waals surface area contributed by atoms with Crippen LogP contribution in [0.15, 0.2) is 12.1 Å². The Hall–Kier alpha value is -1.69. The lowest BCUT2D eigenvalue weighted by Crippen LogP contribution is -2.34. The van der Waals surface area contributed by atoms with Crippen molar-refractivity contribution in [3.05, 3.63) is 29.3 Å². The molecule has 4 nitrogen and oxygen atoms in total. The molecule has 1 saturated carbocycles. The van der Waals surface area contributed by atoms with E-state index in [2.05, 4.69) is 0 Å². The van der Waals surface area contributed by atoms with Crippen molar-refractivity contribution in [3.63, 3.8) is 0 Å². The Labute approximate surface area is 110 Å². The zero-order valence-corrected chi connectivity index (χ0v) is 10.7. The number of nitrogens with zero attached hydrogens (tertiary/aromatic N) is 1. The van der Waals surface area contributed by atoms with Crippen molar-refractivity contribution in [3.8, 4) is 0 Å². The summed E-state index contributed by atoms with van der Waals surface area (Å²) in [5, 5.41) is 0. The van der Waals surface area contributed by atoms with Crippen molar-refractivity contribution in [1.82, 2.24) is 4.90 Å². The monoisotopic (exact) mass is 269 g/mol. The fraction of sp³-hybridized carbons (Fsp3) is 0.462. The second kappa shape index (κ2) is 5.52. The minimum absolute atomic E-state index is 0.00387. The molecule has 0 atom stereocenters. The summed E-state index contributed by atoms with van der Waals surface area (Å²) >= 11 is 0. The maximum atomic E-state index is 13.5. The van der Waals surface area contributed by atoms with Crippen molar-refractivity contribution >= 4 is 11.6 Å². The van der Waals surface area contributed by atoms with Gasteiger partial charge in [0, 0.05) is 19.2 Å². The smallest absolute Gasteiger partial charge is 0.253 e. The van der Waals surface area contributed by atoms with Gasteiger partial charge in [-0.1, -0.05) is 6.42 Å². The zero-order valence-electron chi connectivity index (χ0n) is 10.7. The summed E-state index contributed by atoms with van der Waals surface area (Å²) in [7, 11) is 1.64. The molecule has 0 heterocycles. The van der Waals surface area contributed by atoms with E-state index >= 15 is 0 Å². The van der Waals surface area contributed by atoms with Crippen molar-refractivity contribution in [1.29, 1.82) is 0 Å². The van der Waals surface area contributed by atoms with Crippen LogP contribution in [0.25, 0.3) is 0 Å². The Bertz CT molecular complexity index is 466. The quantitative estimate of drug-likeness (QED) is 0.650.